The number of ether oxygens (including phenoxy) is 1. The molecule has 0 fully saturated rings. The topological polar surface area (TPSA) is 26.3 Å². The standard InChI is InChI=1S/C16H17O2/c17-12-5-1-2-6-13-18-16-11-7-9-14-8-3-4-10-15(14)16/h3-4,7-11H,1-2,5-6,13H2. The van der Waals surface area contributed by atoms with Crippen LogP contribution in [0.1, 0.15) is 25.7 Å². The summed E-state index contributed by atoms with van der Waals surface area (Å²) in [5.41, 5.74) is 0. The molecule has 0 amide bonds. The highest BCUT2D eigenvalue weighted by Gasteiger charge is 2.00. The van der Waals surface area contributed by atoms with Crippen LogP contribution in [0.15, 0.2) is 42.5 Å². The van der Waals surface area contributed by atoms with E-state index in [1.807, 2.05) is 30.6 Å². The number of unbranched alkanes of at least 4 members (excludes halogenated alkanes) is 3. The molecular weight excluding hydrogens is 224 g/mol. The van der Waals surface area contributed by atoms with Gasteiger partial charge in [-0.1, -0.05) is 36.4 Å². The number of hydrogen-bond donors (Lipinski definition) is 0. The third-order valence-corrected chi connectivity index (χ3v) is 2.93. The Kier molecular flexibility index (Phi) is 4.77. The van der Waals surface area contributed by atoms with Crippen LogP contribution in [-0.2, 0) is 4.79 Å². The highest BCUT2D eigenvalue weighted by atomic mass is 16.5. The van der Waals surface area contributed by atoms with E-state index in [1.165, 1.54) is 5.39 Å². The molecule has 2 aromatic carbocycles. The van der Waals surface area contributed by atoms with Gasteiger partial charge in [0.2, 0.25) is 0 Å². The van der Waals surface area contributed by atoms with Crippen LogP contribution in [0.2, 0.25) is 0 Å². The maximum atomic E-state index is 10.0. The largest absolute Gasteiger partial charge is 0.493 e. The summed E-state index contributed by atoms with van der Waals surface area (Å²) in [6, 6.07) is 14.3. The fraction of sp³-hybridized carbons (Fsp3) is 0.312. The minimum absolute atomic E-state index is 0.536. The molecular formula is C16H17O2. The molecule has 18 heavy (non-hydrogen) atoms. The van der Waals surface area contributed by atoms with Gasteiger partial charge in [-0.05, 0) is 30.7 Å². The summed E-state index contributed by atoms with van der Waals surface area (Å²) in [5, 5.41) is 2.35. The van der Waals surface area contributed by atoms with Gasteiger partial charge in [-0.2, -0.15) is 0 Å². The predicted molar refractivity (Wildman–Crippen MR) is 73.6 cm³/mol. The van der Waals surface area contributed by atoms with E-state index in [0.717, 1.165) is 30.4 Å². The summed E-state index contributed by atoms with van der Waals surface area (Å²) in [6.07, 6.45) is 5.34. The zero-order valence-corrected chi connectivity index (χ0v) is 10.4. The second-order valence-corrected chi connectivity index (χ2v) is 4.28. The van der Waals surface area contributed by atoms with E-state index >= 15 is 0 Å². The Morgan fingerprint density at radius 3 is 2.67 bits per heavy atom. The summed E-state index contributed by atoms with van der Waals surface area (Å²) in [5.74, 6) is 0.940. The first-order valence-corrected chi connectivity index (χ1v) is 6.37. The van der Waals surface area contributed by atoms with Gasteiger partial charge in [-0.15, -0.1) is 0 Å². The van der Waals surface area contributed by atoms with Gasteiger partial charge in [0.05, 0.1) is 6.61 Å². The van der Waals surface area contributed by atoms with Gasteiger partial charge in [-0.3, -0.25) is 4.79 Å². The number of rotatable bonds is 7. The summed E-state index contributed by atoms with van der Waals surface area (Å²) in [4.78, 5) is 10.0. The molecule has 0 N–H and O–H groups in total. The highest BCUT2D eigenvalue weighted by Crippen LogP contribution is 2.25. The lowest BCUT2D eigenvalue weighted by Gasteiger charge is -2.08. The average Bonchev–Trinajstić information content (AvgIpc) is 2.43. The number of carbonyl (C=O) groups excluding carboxylic acids is 1. The second-order valence-electron chi connectivity index (χ2n) is 4.28. The van der Waals surface area contributed by atoms with Gasteiger partial charge in [0.1, 0.15) is 5.75 Å². The third kappa shape index (κ3) is 3.33. The Hall–Kier alpha value is -1.83. The minimum Gasteiger partial charge on any atom is -0.493 e. The minimum atomic E-state index is 0.536. The van der Waals surface area contributed by atoms with Crippen molar-refractivity contribution in [3.63, 3.8) is 0 Å². The first-order valence-electron chi connectivity index (χ1n) is 6.37. The van der Waals surface area contributed by atoms with Crippen molar-refractivity contribution in [2.45, 2.75) is 25.7 Å². The molecule has 0 aliphatic carbocycles. The van der Waals surface area contributed by atoms with Gasteiger partial charge < -0.3 is 4.74 Å². The van der Waals surface area contributed by atoms with E-state index < -0.39 is 0 Å². The van der Waals surface area contributed by atoms with Crippen LogP contribution in [0.25, 0.3) is 10.8 Å². The molecule has 0 unspecified atom stereocenters. The third-order valence-electron chi connectivity index (χ3n) is 2.93. The van der Waals surface area contributed by atoms with Gasteiger partial charge in [0.15, 0.2) is 6.29 Å². The molecule has 0 aliphatic rings. The summed E-state index contributed by atoms with van der Waals surface area (Å²) in [7, 11) is 0. The highest BCUT2D eigenvalue weighted by molar-refractivity contribution is 5.88. The Balaban J connectivity index is 1.89. The molecule has 0 saturated carbocycles. The molecule has 0 heterocycles. The fourth-order valence-corrected chi connectivity index (χ4v) is 1.98. The van der Waals surface area contributed by atoms with E-state index in [9.17, 15) is 4.79 Å². The Morgan fingerprint density at radius 2 is 1.78 bits per heavy atom. The van der Waals surface area contributed by atoms with Gasteiger partial charge in [-0.25, -0.2) is 0 Å². The van der Waals surface area contributed by atoms with Crippen LogP contribution in [0, 0.1) is 0 Å². The van der Waals surface area contributed by atoms with Crippen molar-refractivity contribution in [2.75, 3.05) is 6.61 Å². The zero-order valence-electron chi connectivity index (χ0n) is 10.4. The molecule has 0 saturated heterocycles. The van der Waals surface area contributed by atoms with Crippen LogP contribution >= 0.6 is 0 Å². The molecule has 2 rings (SSSR count). The van der Waals surface area contributed by atoms with Crippen LogP contribution in [-0.4, -0.2) is 12.9 Å². The number of hydrogen-bond acceptors (Lipinski definition) is 2. The molecule has 2 nitrogen and oxygen atoms in total. The van der Waals surface area contributed by atoms with Crippen LogP contribution in [0.3, 0.4) is 0 Å². The summed E-state index contributed by atoms with van der Waals surface area (Å²) >= 11 is 0. The predicted octanol–water partition coefficient (Wildman–Crippen LogP) is 3.89. The molecule has 2 heteroatoms. The lowest BCUT2D eigenvalue weighted by atomic mass is 10.1. The Morgan fingerprint density at radius 1 is 0.944 bits per heavy atom. The quantitative estimate of drug-likeness (QED) is 0.687. The number of benzene rings is 2. The molecule has 93 valence electrons. The van der Waals surface area contributed by atoms with E-state index in [0.29, 0.717) is 13.0 Å². The van der Waals surface area contributed by atoms with Crippen molar-refractivity contribution in [2.24, 2.45) is 0 Å². The molecule has 0 bridgehead atoms. The van der Waals surface area contributed by atoms with E-state index in [-0.39, 0.29) is 0 Å². The average molecular weight is 241 g/mol. The van der Waals surface area contributed by atoms with Gasteiger partial charge >= 0.3 is 0 Å². The number of fused-ring (bicyclic) bond motifs is 1. The zero-order chi connectivity index (χ0) is 12.6. The van der Waals surface area contributed by atoms with Crippen molar-refractivity contribution in [3.05, 3.63) is 42.5 Å². The molecule has 0 atom stereocenters. The lowest BCUT2D eigenvalue weighted by molar-refractivity contribution is 0.309. The van der Waals surface area contributed by atoms with Crippen LogP contribution in [0.5, 0.6) is 5.75 Å². The summed E-state index contributed by atoms with van der Waals surface area (Å²) < 4.78 is 5.80. The normalized spacial score (nSPS) is 10.4. The van der Waals surface area contributed by atoms with Crippen molar-refractivity contribution in [1.82, 2.24) is 0 Å². The van der Waals surface area contributed by atoms with E-state index in [4.69, 9.17) is 4.74 Å². The van der Waals surface area contributed by atoms with Crippen LogP contribution in [0.4, 0.5) is 0 Å². The smallest absolute Gasteiger partial charge is 0.198 e. The maximum Gasteiger partial charge on any atom is 0.198 e. The van der Waals surface area contributed by atoms with Crippen molar-refractivity contribution in [3.8, 4) is 5.75 Å². The molecule has 0 spiro atoms. The van der Waals surface area contributed by atoms with E-state index in [2.05, 4.69) is 18.2 Å². The fourth-order valence-electron chi connectivity index (χ4n) is 1.98. The summed E-state index contributed by atoms with van der Waals surface area (Å²) in [6.45, 7) is 0.701. The first kappa shape index (κ1) is 12.6. The van der Waals surface area contributed by atoms with Crippen LogP contribution < -0.4 is 4.74 Å². The molecule has 1 radical (unpaired) electrons. The first-order chi connectivity index (χ1) is 8.92. The Labute approximate surface area is 108 Å². The SMILES string of the molecule is O=[C]CCCCCOc1cccc2ccccc12. The Bertz CT molecular complexity index is 500. The maximum absolute atomic E-state index is 10.0. The van der Waals surface area contributed by atoms with Crippen molar-refractivity contribution in [1.29, 1.82) is 0 Å². The second kappa shape index (κ2) is 6.80. The molecule has 0 aromatic heterocycles. The van der Waals surface area contributed by atoms with E-state index in [1.54, 1.807) is 0 Å². The molecule has 2 aromatic rings. The van der Waals surface area contributed by atoms with Crippen molar-refractivity contribution >= 4 is 17.1 Å². The van der Waals surface area contributed by atoms with Crippen molar-refractivity contribution < 1.29 is 9.53 Å². The lowest BCUT2D eigenvalue weighted by Crippen LogP contribution is -1.97. The monoisotopic (exact) mass is 241 g/mol. The van der Waals surface area contributed by atoms with Gasteiger partial charge in [0, 0.05) is 11.8 Å². The van der Waals surface area contributed by atoms with Gasteiger partial charge in [0.25, 0.3) is 0 Å². The molecule has 0 aliphatic heterocycles.